The average Bonchev–Trinajstić information content (AvgIpc) is 3.75. The van der Waals surface area contributed by atoms with Crippen LogP contribution in [0.25, 0.3) is 11.1 Å². The Kier molecular flexibility index (Phi) is 15.4. The second kappa shape index (κ2) is 19.0. The second-order valence-electron chi connectivity index (χ2n) is 23.0. The van der Waals surface area contributed by atoms with Gasteiger partial charge in [-0.2, -0.15) is 47.0 Å². The fourth-order valence-corrected chi connectivity index (χ4v) is 11.6. The normalized spacial score (nSPS) is 21.1. The summed E-state index contributed by atoms with van der Waals surface area (Å²) in [5.74, 6) is 5.22. The summed E-state index contributed by atoms with van der Waals surface area (Å²) in [6.07, 6.45) is 8.77. The Morgan fingerprint density at radius 2 is 1.02 bits per heavy atom. The molecule has 0 amide bonds. The predicted molar refractivity (Wildman–Crippen MR) is 251 cm³/mol. The molecule has 10 rings (SSSR count). The summed E-state index contributed by atoms with van der Waals surface area (Å²) in [4.78, 5) is 0. The van der Waals surface area contributed by atoms with Gasteiger partial charge in [-0.05, 0) is 84.2 Å². The van der Waals surface area contributed by atoms with E-state index < -0.39 is 0 Å². The number of benzene rings is 4. The number of halogens is 2. The zero-order valence-corrected chi connectivity index (χ0v) is 43.6. The van der Waals surface area contributed by atoms with Gasteiger partial charge in [0.2, 0.25) is 0 Å². The number of rotatable bonds is 3. The van der Waals surface area contributed by atoms with Crippen LogP contribution in [-0.2, 0) is 52.3 Å². The molecule has 3 heteroatoms. The Morgan fingerprint density at radius 3 is 1.44 bits per heavy atom. The van der Waals surface area contributed by atoms with E-state index in [0.29, 0.717) is 0 Å². The maximum Gasteiger partial charge on any atom is -0.0407 e. The molecule has 5 aromatic carbocycles. The first-order valence-corrected chi connectivity index (χ1v) is 24.0. The third-order valence-corrected chi connectivity index (χ3v) is 15.5. The zero-order valence-electron chi connectivity index (χ0n) is 39.6. The molecule has 0 atom stereocenters. The van der Waals surface area contributed by atoms with E-state index in [4.69, 9.17) is 0 Å². The van der Waals surface area contributed by atoms with Gasteiger partial charge in [0.1, 0.15) is 0 Å². The Morgan fingerprint density at radius 1 is 0.557 bits per heavy atom. The van der Waals surface area contributed by atoms with Crippen molar-refractivity contribution in [1.29, 1.82) is 0 Å². The van der Waals surface area contributed by atoms with Gasteiger partial charge in [0.05, 0.1) is 0 Å². The molecule has 4 bridgehead atoms. The van der Waals surface area contributed by atoms with E-state index in [0.717, 1.165) is 36.0 Å². The summed E-state index contributed by atoms with van der Waals surface area (Å²) in [5.41, 5.74) is 17.7. The van der Waals surface area contributed by atoms with Crippen LogP contribution in [0.4, 0.5) is 0 Å². The minimum atomic E-state index is 0. The van der Waals surface area contributed by atoms with Crippen LogP contribution in [0.3, 0.4) is 0 Å². The first-order chi connectivity index (χ1) is 27.5. The molecule has 4 saturated carbocycles. The molecule has 0 N–H and O–H groups in total. The van der Waals surface area contributed by atoms with E-state index in [1.165, 1.54) is 88.6 Å². The number of hydrogen-bond donors (Lipinski definition) is 0. The van der Waals surface area contributed by atoms with E-state index in [1.54, 1.807) is 37.7 Å². The Labute approximate surface area is 399 Å². The third kappa shape index (κ3) is 11.5. The summed E-state index contributed by atoms with van der Waals surface area (Å²) in [7, 11) is 0. The van der Waals surface area contributed by atoms with E-state index >= 15 is 0 Å². The molecule has 0 unspecified atom stereocenters. The largest absolute Gasteiger partial charge is 1.00 e. The second-order valence-corrected chi connectivity index (χ2v) is 24.2. The zero-order chi connectivity index (χ0) is 42.7. The van der Waals surface area contributed by atoms with Gasteiger partial charge >= 0.3 is 151 Å². The van der Waals surface area contributed by atoms with Crippen molar-refractivity contribution < 1.29 is 49.0 Å². The number of fused-ring (bicyclic) bond motifs is 3. The van der Waals surface area contributed by atoms with Gasteiger partial charge in [-0.25, -0.2) is 6.07 Å². The molecule has 0 radical (unpaired) electrons. The molecule has 0 aromatic heterocycles. The summed E-state index contributed by atoms with van der Waals surface area (Å²) >= 11 is 1.46. The molecular formula is C58H72Cl2Zr-2. The van der Waals surface area contributed by atoms with Crippen LogP contribution in [-0.4, -0.2) is 3.21 Å². The maximum atomic E-state index is 3.67. The van der Waals surface area contributed by atoms with Gasteiger partial charge in [0, 0.05) is 0 Å². The molecular weight excluding hydrogens is 859 g/mol. The van der Waals surface area contributed by atoms with Crippen LogP contribution in [0.2, 0.25) is 0 Å². The molecule has 0 nitrogen and oxygen atoms in total. The van der Waals surface area contributed by atoms with Crippen molar-refractivity contribution in [2.75, 3.05) is 0 Å². The number of aryl methyl sites for hydroxylation is 1. The Balaban J connectivity index is 0.000000172. The topological polar surface area (TPSA) is 0 Å². The van der Waals surface area contributed by atoms with E-state index in [9.17, 15) is 0 Å². The molecule has 5 aliphatic rings. The fraction of sp³-hybridized carbons (Fsp3) is 0.483. The SMILES string of the molecule is CC(C)(C)c1[c-]c2c(cc1)-c1ccc(C(C)(C)C)cc1C2.CC(C)(C)c1ccc([C](=[Zr+2])c2ccc(C(C)(C)C)cc2)cc1.Cc1cc(C2C3CC4CC(C3)CC2C4)c[cH-]1.[Cl-].[Cl-]. The molecule has 5 aliphatic carbocycles. The molecule has 0 aliphatic heterocycles. The summed E-state index contributed by atoms with van der Waals surface area (Å²) < 4.78 is 1.42. The van der Waals surface area contributed by atoms with E-state index in [1.807, 2.05) is 0 Å². The van der Waals surface area contributed by atoms with Crippen LogP contribution < -0.4 is 24.8 Å². The first-order valence-electron chi connectivity index (χ1n) is 22.8. The molecule has 0 spiro atoms. The maximum absolute atomic E-state index is 3.67. The number of hydrogen-bond acceptors (Lipinski definition) is 0. The van der Waals surface area contributed by atoms with Crippen molar-refractivity contribution >= 4 is 3.21 Å². The summed E-state index contributed by atoms with van der Waals surface area (Å²) in [6.45, 7) is 29.4. The van der Waals surface area contributed by atoms with Gasteiger partial charge in [-0.15, -0.1) is 11.1 Å². The van der Waals surface area contributed by atoms with Crippen molar-refractivity contribution in [3.63, 3.8) is 0 Å². The standard InChI is InChI=1S/C21H25.C21H26.C16H21.2ClH.Zr/c1-20(2,3)16-7-9-18-14(12-16)11-15-13-17(21(4,5)6)8-10-19(15)18;1-20(2,3)18-11-7-16(8-12-18)15-17-9-13-19(14-10-17)21(4,5)6;1-10-2-3-13(4-10)16-14-6-11-5-12(8-14)9-15(16)7-11;;;/h7-10,12H,11H2,1-6H3;7-14H,1-6H3;2-4,11-12,14-16H,5-9H2,1H3;2*1H;/q-1;;-1;;;+2/p-2. The van der Waals surface area contributed by atoms with Crippen molar-refractivity contribution in [1.82, 2.24) is 0 Å². The minimum Gasteiger partial charge on any atom is -1.00 e. The van der Waals surface area contributed by atoms with Crippen LogP contribution >= 0.6 is 0 Å². The first kappa shape index (κ1) is 49.6. The van der Waals surface area contributed by atoms with Gasteiger partial charge < -0.3 is 24.8 Å². The van der Waals surface area contributed by atoms with Crippen LogP contribution in [0.1, 0.15) is 177 Å². The summed E-state index contributed by atoms with van der Waals surface area (Å²) in [5, 5.41) is 0. The van der Waals surface area contributed by atoms with Crippen molar-refractivity contribution in [2.45, 2.75) is 156 Å². The predicted octanol–water partition coefficient (Wildman–Crippen LogP) is 9.31. The molecule has 5 aromatic rings. The molecule has 4 fully saturated rings. The average molecular weight is 931 g/mol. The van der Waals surface area contributed by atoms with Gasteiger partial charge in [-0.3, -0.25) is 0 Å². The molecule has 0 heterocycles. The van der Waals surface area contributed by atoms with E-state index in [-0.39, 0.29) is 46.5 Å². The monoisotopic (exact) mass is 928 g/mol. The quantitative estimate of drug-likeness (QED) is 0.156. The van der Waals surface area contributed by atoms with Crippen LogP contribution in [0, 0.1) is 36.7 Å². The van der Waals surface area contributed by atoms with Crippen molar-refractivity contribution in [3.05, 3.63) is 159 Å². The molecule has 0 saturated heterocycles. The van der Waals surface area contributed by atoms with Crippen LogP contribution in [0.5, 0.6) is 0 Å². The van der Waals surface area contributed by atoms with Crippen molar-refractivity contribution in [2.24, 2.45) is 23.7 Å². The van der Waals surface area contributed by atoms with Gasteiger partial charge in [0.25, 0.3) is 0 Å². The molecule has 61 heavy (non-hydrogen) atoms. The Hall–Kier alpha value is -2.44. The van der Waals surface area contributed by atoms with Gasteiger partial charge in [-0.1, -0.05) is 78.1 Å². The fourth-order valence-electron chi connectivity index (χ4n) is 10.7. The van der Waals surface area contributed by atoms with Gasteiger partial charge in [0.15, 0.2) is 0 Å². The van der Waals surface area contributed by atoms with Crippen LogP contribution in [0.15, 0.2) is 97.1 Å². The Bertz CT molecular complexity index is 2110. The smallest absolute Gasteiger partial charge is 0.0407 e. The molecule has 324 valence electrons. The van der Waals surface area contributed by atoms with E-state index in [2.05, 4.69) is 193 Å². The third-order valence-electron chi connectivity index (χ3n) is 14.1. The minimum absolute atomic E-state index is 0. The summed E-state index contributed by atoms with van der Waals surface area (Å²) in [6, 6.07) is 40.5. The van der Waals surface area contributed by atoms with Crippen molar-refractivity contribution in [3.8, 4) is 11.1 Å².